The molecular weight excluding hydrogens is 262 g/mol. The first-order valence-corrected chi connectivity index (χ1v) is 6.58. The summed E-state index contributed by atoms with van der Waals surface area (Å²) < 4.78 is 1.76. The highest BCUT2D eigenvalue weighted by atomic mass is 15.4. The molecule has 2 heterocycles. The lowest BCUT2D eigenvalue weighted by Crippen LogP contribution is -2.05. The maximum absolute atomic E-state index is 9.23. The Bertz CT molecular complexity index is 799. The smallest absolute Gasteiger partial charge is 0.190 e. The summed E-state index contributed by atoms with van der Waals surface area (Å²) in [6, 6.07) is 13.9. The molecule has 0 radical (unpaired) electrons. The Labute approximate surface area is 122 Å². The SMILES string of the molecule is Cc1ccccc1Cn1nnc(C#N)c1-c1ccncc1. The first-order chi connectivity index (χ1) is 10.3. The third-order valence-corrected chi connectivity index (χ3v) is 3.38. The highest BCUT2D eigenvalue weighted by Crippen LogP contribution is 2.22. The maximum atomic E-state index is 9.23. The van der Waals surface area contributed by atoms with E-state index >= 15 is 0 Å². The van der Waals surface area contributed by atoms with Gasteiger partial charge >= 0.3 is 0 Å². The summed E-state index contributed by atoms with van der Waals surface area (Å²) in [7, 11) is 0. The average molecular weight is 275 g/mol. The number of benzene rings is 1. The van der Waals surface area contributed by atoms with Crippen molar-refractivity contribution in [2.45, 2.75) is 13.5 Å². The molecule has 3 rings (SSSR count). The van der Waals surface area contributed by atoms with Crippen LogP contribution in [0.4, 0.5) is 0 Å². The van der Waals surface area contributed by atoms with Crippen LogP contribution in [0.2, 0.25) is 0 Å². The van der Waals surface area contributed by atoms with Crippen molar-refractivity contribution in [3.05, 3.63) is 65.6 Å². The van der Waals surface area contributed by atoms with Crippen molar-refractivity contribution < 1.29 is 0 Å². The van der Waals surface area contributed by atoms with E-state index in [0.717, 1.165) is 16.8 Å². The minimum absolute atomic E-state index is 0.329. The van der Waals surface area contributed by atoms with Gasteiger partial charge in [0, 0.05) is 18.0 Å². The van der Waals surface area contributed by atoms with Crippen molar-refractivity contribution >= 4 is 0 Å². The molecule has 1 aromatic carbocycles. The summed E-state index contributed by atoms with van der Waals surface area (Å²) in [5, 5.41) is 17.3. The average Bonchev–Trinajstić information content (AvgIpc) is 2.93. The van der Waals surface area contributed by atoms with Crippen molar-refractivity contribution in [2.75, 3.05) is 0 Å². The van der Waals surface area contributed by atoms with E-state index in [9.17, 15) is 5.26 Å². The van der Waals surface area contributed by atoms with Gasteiger partial charge in [-0.3, -0.25) is 4.98 Å². The van der Waals surface area contributed by atoms with Gasteiger partial charge < -0.3 is 0 Å². The van der Waals surface area contributed by atoms with Gasteiger partial charge in [-0.25, -0.2) is 4.68 Å². The zero-order chi connectivity index (χ0) is 14.7. The zero-order valence-electron chi connectivity index (χ0n) is 11.6. The van der Waals surface area contributed by atoms with Gasteiger partial charge in [0.2, 0.25) is 0 Å². The standard InChI is InChI=1S/C16H13N5/c1-12-4-2-3-5-14(12)11-21-16(15(10-17)19-20-21)13-6-8-18-9-7-13/h2-9H,11H2,1H3. The number of nitrogens with zero attached hydrogens (tertiary/aromatic N) is 5. The molecule has 0 aliphatic carbocycles. The monoisotopic (exact) mass is 275 g/mol. The van der Waals surface area contributed by atoms with Crippen molar-refractivity contribution in [1.29, 1.82) is 5.26 Å². The molecule has 0 fully saturated rings. The van der Waals surface area contributed by atoms with Crippen LogP contribution in [0.5, 0.6) is 0 Å². The molecule has 102 valence electrons. The van der Waals surface area contributed by atoms with Crippen LogP contribution >= 0.6 is 0 Å². The number of pyridine rings is 1. The van der Waals surface area contributed by atoms with Crippen LogP contribution in [0.25, 0.3) is 11.3 Å². The summed E-state index contributed by atoms with van der Waals surface area (Å²) in [6.07, 6.45) is 3.39. The Hall–Kier alpha value is -3.00. The lowest BCUT2D eigenvalue weighted by Gasteiger charge is -2.08. The van der Waals surface area contributed by atoms with Crippen LogP contribution < -0.4 is 0 Å². The largest absolute Gasteiger partial charge is 0.265 e. The number of aromatic nitrogens is 4. The van der Waals surface area contributed by atoms with E-state index in [4.69, 9.17) is 0 Å². The number of rotatable bonds is 3. The van der Waals surface area contributed by atoms with Gasteiger partial charge in [-0.1, -0.05) is 29.5 Å². The normalized spacial score (nSPS) is 10.3. The van der Waals surface area contributed by atoms with Gasteiger partial charge in [0.25, 0.3) is 0 Å². The highest BCUT2D eigenvalue weighted by Gasteiger charge is 2.15. The lowest BCUT2D eigenvalue weighted by molar-refractivity contribution is 0.653. The molecule has 0 bridgehead atoms. The molecule has 0 spiro atoms. The van der Waals surface area contributed by atoms with Gasteiger partial charge in [0.05, 0.1) is 6.54 Å². The molecule has 0 saturated carbocycles. The van der Waals surface area contributed by atoms with Crippen molar-refractivity contribution in [3.63, 3.8) is 0 Å². The molecule has 3 aromatic rings. The Morgan fingerprint density at radius 2 is 1.90 bits per heavy atom. The van der Waals surface area contributed by atoms with Crippen LogP contribution in [0.15, 0.2) is 48.8 Å². The van der Waals surface area contributed by atoms with Crippen LogP contribution in [0, 0.1) is 18.3 Å². The van der Waals surface area contributed by atoms with E-state index in [1.807, 2.05) is 24.3 Å². The van der Waals surface area contributed by atoms with Crippen LogP contribution in [0.3, 0.4) is 0 Å². The molecule has 5 nitrogen and oxygen atoms in total. The van der Waals surface area contributed by atoms with E-state index < -0.39 is 0 Å². The number of aryl methyl sites for hydroxylation is 1. The first kappa shape index (κ1) is 13.0. The topological polar surface area (TPSA) is 67.4 Å². The molecule has 0 aliphatic heterocycles. The first-order valence-electron chi connectivity index (χ1n) is 6.58. The van der Waals surface area contributed by atoms with E-state index in [1.54, 1.807) is 17.1 Å². The third-order valence-electron chi connectivity index (χ3n) is 3.38. The van der Waals surface area contributed by atoms with Gasteiger partial charge in [-0.2, -0.15) is 5.26 Å². The quantitative estimate of drug-likeness (QED) is 0.736. The third kappa shape index (κ3) is 2.51. The molecule has 0 amide bonds. The van der Waals surface area contributed by atoms with Crippen molar-refractivity contribution in [3.8, 4) is 17.3 Å². The number of nitriles is 1. The van der Waals surface area contributed by atoms with Crippen molar-refractivity contribution in [2.24, 2.45) is 0 Å². The second-order valence-corrected chi connectivity index (χ2v) is 4.72. The maximum Gasteiger partial charge on any atom is 0.190 e. The van der Waals surface area contributed by atoms with Gasteiger partial charge in [0.1, 0.15) is 11.8 Å². The second kappa shape index (κ2) is 5.55. The Morgan fingerprint density at radius 1 is 1.14 bits per heavy atom. The summed E-state index contributed by atoms with van der Waals surface area (Å²) >= 11 is 0. The van der Waals surface area contributed by atoms with Gasteiger partial charge in [-0.15, -0.1) is 5.10 Å². The molecule has 0 saturated heterocycles. The molecule has 0 aliphatic rings. The predicted octanol–water partition coefficient (Wildman–Crippen LogP) is 2.57. The Balaban J connectivity index is 2.07. The minimum Gasteiger partial charge on any atom is -0.265 e. The van der Waals surface area contributed by atoms with Crippen LogP contribution in [-0.2, 0) is 6.54 Å². The Morgan fingerprint density at radius 3 is 2.62 bits per heavy atom. The van der Waals surface area contributed by atoms with Crippen LogP contribution in [-0.4, -0.2) is 20.0 Å². The minimum atomic E-state index is 0.329. The van der Waals surface area contributed by atoms with Crippen LogP contribution in [0.1, 0.15) is 16.8 Å². The lowest BCUT2D eigenvalue weighted by atomic mass is 10.1. The summed E-state index contributed by atoms with van der Waals surface area (Å²) in [5.74, 6) is 0. The van der Waals surface area contributed by atoms with Gasteiger partial charge in [-0.05, 0) is 30.2 Å². The van der Waals surface area contributed by atoms with E-state index in [2.05, 4.69) is 40.4 Å². The molecule has 0 atom stereocenters. The van der Waals surface area contributed by atoms with E-state index in [0.29, 0.717) is 12.2 Å². The molecular formula is C16H13N5. The molecule has 2 aromatic heterocycles. The molecule has 0 unspecified atom stereocenters. The summed E-state index contributed by atoms with van der Waals surface area (Å²) in [4.78, 5) is 4.01. The molecule has 21 heavy (non-hydrogen) atoms. The molecule has 0 N–H and O–H groups in total. The molecule has 5 heteroatoms. The summed E-state index contributed by atoms with van der Waals surface area (Å²) in [6.45, 7) is 2.64. The highest BCUT2D eigenvalue weighted by molar-refractivity contribution is 5.64. The fourth-order valence-electron chi connectivity index (χ4n) is 2.24. The van der Waals surface area contributed by atoms with Gasteiger partial charge in [0.15, 0.2) is 5.69 Å². The second-order valence-electron chi connectivity index (χ2n) is 4.72. The zero-order valence-corrected chi connectivity index (χ0v) is 11.6. The fraction of sp³-hybridized carbons (Fsp3) is 0.125. The Kier molecular flexibility index (Phi) is 3.44. The number of hydrogen-bond donors (Lipinski definition) is 0. The number of hydrogen-bond acceptors (Lipinski definition) is 4. The van der Waals surface area contributed by atoms with E-state index in [1.165, 1.54) is 5.56 Å². The van der Waals surface area contributed by atoms with E-state index in [-0.39, 0.29) is 0 Å². The fourth-order valence-corrected chi connectivity index (χ4v) is 2.24. The van der Waals surface area contributed by atoms with Crippen molar-refractivity contribution in [1.82, 2.24) is 20.0 Å². The summed E-state index contributed by atoms with van der Waals surface area (Å²) in [5.41, 5.74) is 4.28. The predicted molar refractivity (Wildman–Crippen MR) is 78.2 cm³/mol.